The molecule has 0 spiro atoms. The zero-order valence-corrected chi connectivity index (χ0v) is 18.2. The Hall–Kier alpha value is -4.06. The molecule has 0 aliphatic carbocycles. The van der Waals surface area contributed by atoms with Gasteiger partial charge in [0.2, 0.25) is 5.95 Å². The second-order valence-electron chi connectivity index (χ2n) is 7.90. The second kappa shape index (κ2) is 7.89. The van der Waals surface area contributed by atoms with Gasteiger partial charge in [-0.05, 0) is 61.4 Å². The van der Waals surface area contributed by atoms with Crippen molar-refractivity contribution in [2.75, 3.05) is 17.7 Å². The number of hydrogen-bond donors (Lipinski definition) is 2. The predicted octanol–water partition coefficient (Wildman–Crippen LogP) is 5.28. The highest BCUT2D eigenvalue weighted by molar-refractivity contribution is 6.06. The predicted molar refractivity (Wildman–Crippen MR) is 127 cm³/mol. The fraction of sp³-hybridized carbons (Fsp3) is 0.154. The van der Waals surface area contributed by atoms with Crippen LogP contribution >= 0.6 is 0 Å². The average Bonchev–Trinajstić information content (AvgIpc) is 3.17. The molecule has 1 amide bonds. The van der Waals surface area contributed by atoms with Gasteiger partial charge in [-0.2, -0.15) is 0 Å². The van der Waals surface area contributed by atoms with Gasteiger partial charge in [-0.25, -0.2) is 4.98 Å². The summed E-state index contributed by atoms with van der Waals surface area (Å²) in [6.07, 6.45) is 0. The van der Waals surface area contributed by atoms with Gasteiger partial charge in [-0.1, -0.05) is 36.4 Å². The minimum atomic E-state index is -0.307. The number of carbonyl (C=O) groups excluding carboxylic acids is 1. The minimum absolute atomic E-state index is 0.156. The number of nitrogens with one attached hydrogen (secondary N) is 2. The Morgan fingerprint density at radius 1 is 1.00 bits per heavy atom. The lowest BCUT2D eigenvalue weighted by atomic mass is 9.91. The van der Waals surface area contributed by atoms with Crippen LogP contribution in [0.4, 0.5) is 11.6 Å². The molecule has 1 atom stereocenters. The number of carbonyl (C=O) groups is 1. The van der Waals surface area contributed by atoms with Crippen molar-refractivity contribution in [3.8, 4) is 5.75 Å². The largest absolute Gasteiger partial charge is 0.497 e. The van der Waals surface area contributed by atoms with Gasteiger partial charge in [0, 0.05) is 11.4 Å². The summed E-state index contributed by atoms with van der Waals surface area (Å²) in [5.41, 5.74) is 6.20. The highest BCUT2D eigenvalue weighted by Gasteiger charge is 2.34. The van der Waals surface area contributed by atoms with Crippen LogP contribution in [-0.2, 0) is 4.79 Å². The van der Waals surface area contributed by atoms with Gasteiger partial charge in [0.1, 0.15) is 5.75 Å². The Morgan fingerprint density at radius 3 is 2.47 bits per heavy atom. The number of aryl methyl sites for hydroxylation is 1. The minimum Gasteiger partial charge on any atom is -0.497 e. The highest BCUT2D eigenvalue weighted by atomic mass is 16.5. The quantitative estimate of drug-likeness (QED) is 0.468. The van der Waals surface area contributed by atoms with E-state index in [1.807, 2.05) is 67.6 Å². The van der Waals surface area contributed by atoms with E-state index in [0.717, 1.165) is 39.6 Å². The molecule has 0 saturated carbocycles. The van der Waals surface area contributed by atoms with Gasteiger partial charge in [0.05, 0.1) is 29.8 Å². The Balaban J connectivity index is 1.64. The molecule has 160 valence electrons. The van der Waals surface area contributed by atoms with Crippen molar-refractivity contribution in [2.24, 2.45) is 0 Å². The van der Waals surface area contributed by atoms with Gasteiger partial charge in [0.15, 0.2) is 0 Å². The van der Waals surface area contributed by atoms with Crippen molar-refractivity contribution in [3.63, 3.8) is 0 Å². The summed E-state index contributed by atoms with van der Waals surface area (Å²) in [5.74, 6) is 1.32. The highest BCUT2D eigenvalue weighted by Crippen LogP contribution is 2.40. The van der Waals surface area contributed by atoms with Crippen molar-refractivity contribution in [1.29, 1.82) is 0 Å². The lowest BCUT2D eigenvalue weighted by Crippen LogP contribution is -2.31. The van der Waals surface area contributed by atoms with Crippen LogP contribution < -0.4 is 15.4 Å². The average molecular weight is 425 g/mol. The summed E-state index contributed by atoms with van der Waals surface area (Å²) < 4.78 is 7.34. The smallest absolute Gasteiger partial charge is 0.255 e. The van der Waals surface area contributed by atoms with Crippen LogP contribution in [0.1, 0.15) is 24.1 Å². The fourth-order valence-electron chi connectivity index (χ4n) is 4.32. The number of hydrogen-bond acceptors (Lipinski definition) is 4. The summed E-state index contributed by atoms with van der Waals surface area (Å²) in [7, 11) is 1.62. The first kappa shape index (κ1) is 19.9. The number of anilines is 2. The molecule has 4 aromatic rings. The first-order valence-electron chi connectivity index (χ1n) is 10.5. The number of amides is 1. The SMILES string of the molecule is COc1ccc(NC(=O)C2=C(C)Nc3nc4ccccc4n3C2c2ccccc2C)cc1. The van der Waals surface area contributed by atoms with E-state index in [0.29, 0.717) is 11.3 Å². The Bertz CT molecular complexity index is 1350. The maximum atomic E-state index is 13.6. The molecule has 0 saturated heterocycles. The third kappa shape index (κ3) is 3.30. The van der Waals surface area contributed by atoms with Gasteiger partial charge < -0.3 is 15.4 Å². The number of rotatable bonds is 4. The first-order valence-corrected chi connectivity index (χ1v) is 10.5. The molecule has 0 bridgehead atoms. The zero-order chi connectivity index (χ0) is 22.2. The zero-order valence-electron chi connectivity index (χ0n) is 18.2. The van der Waals surface area contributed by atoms with E-state index >= 15 is 0 Å². The Morgan fingerprint density at radius 2 is 1.72 bits per heavy atom. The number of imidazole rings is 1. The molecule has 6 nitrogen and oxygen atoms in total. The molecule has 1 aliphatic heterocycles. The summed E-state index contributed by atoms with van der Waals surface area (Å²) in [6, 6.07) is 23.2. The van der Waals surface area contributed by atoms with E-state index in [1.165, 1.54) is 0 Å². The molecule has 1 aromatic heterocycles. The van der Waals surface area contributed by atoms with E-state index in [4.69, 9.17) is 9.72 Å². The van der Waals surface area contributed by atoms with Crippen molar-refractivity contribution >= 4 is 28.6 Å². The van der Waals surface area contributed by atoms with Crippen LogP contribution in [0.5, 0.6) is 5.75 Å². The van der Waals surface area contributed by atoms with Gasteiger partial charge >= 0.3 is 0 Å². The molecule has 2 N–H and O–H groups in total. The summed E-state index contributed by atoms with van der Waals surface area (Å²) >= 11 is 0. The van der Waals surface area contributed by atoms with Crippen molar-refractivity contribution in [2.45, 2.75) is 19.9 Å². The summed E-state index contributed by atoms with van der Waals surface area (Å²) in [4.78, 5) is 18.4. The number of allylic oxidation sites excluding steroid dienone is 1. The third-order valence-corrected chi connectivity index (χ3v) is 5.91. The summed E-state index contributed by atoms with van der Waals surface area (Å²) in [6.45, 7) is 4.00. The van der Waals surface area contributed by atoms with Crippen molar-refractivity contribution in [3.05, 3.63) is 95.2 Å². The van der Waals surface area contributed by atoms with Crippen LogP contribution in [-0.4, -0.2) is 22.6 Å². The number of ether oxygens (including phenoxy) is 1. The van der Waals surface area contributed by atoms with Crippen LogP contribution in [0.25, 0.3) is 11.0 Å². The van der Waals surface area contributed by atoms with E-state index in [1.54, 1.807) is 7.11 Å². The van der Waals surface area contributed by atoms with E-state index in [-0.39, 0.29) is 11.9 Å². The Labute approximate surface area is 186 Å². The van der Waals surface area contributed by atoms with Gasteiger partial charge in [0.25, 0.3) is 5.91 Å². The molecule has 5 rings (SSSR count). The first-order chi connectivity index (χ1) is 15.6. The normalized spacial score (nSPS) is 15.3. The number of aromatic nitrogens is 2. The number of benzene rings is 3. The molecule has 3 aromatic carbocycles. The summed E-state index contributed by atoms with van der Waals surface area (Å²) in [5, 5.41) is 6.41. The van der Waals surface area contributed by atoms with Crippen molar-refractivity contribution < 1.29 is 9.53 Å². The molecule has 0 fully saturated rings. The standard InChI is InChI=1S/C26H24N4O2/c1-16-8-4-5-9-20(16)24-23(25(31)28-18-12-14-19(32-3)15-13-18)17(2)27-26-29-21-10-6-7-11-22(21)30(24)26/h4-15,24H,1-3H3,(H,27,29)(H,28,31). The molecule has 1 unspecified atom stereocenters. The molecule has 2 heterocycles. The third-order valence-electron chi connectivity index (χ3n) is 5.91. The maximum absolute atomic E-state index is 13.6. The molecule has 0 radical (unpaired) electrons. The van der Waals surface area contributed by atoms with Gasteiger partial charge in [-0.15, -0.1) is 0 Å². The number of nitrogens with zero attached hydrogens (tertiary/aromatic N) is 2. The topological polar surface area (TPSA) is 68.2 Å². The molecule has 1 aliphatic rings. The fourth-order valence-corrected chi connectivity index (χ4v) is 4.32. The van der Waals surface area contributed by atoms with Crippen LogP contribution in [0.2, 0.25) is 0 Å². The van der Waals surface area contributed by atoms with E-state index < -0.39 is 0 Å². The molecule has 32 heavy (non-hydrogen) atoms. The van der Waals surface area contributed by atoms with Crippen LogP contribution in [0.15, 0.2) is 84.1 Å². The van der Waals surface area contributed by atoms with Crippen LogP contribution in [0, 0.1) is 6.92 Å². The molecular weight excluding hydrogens is 400 g/mol. The number of para-hydroxylation sites is 2. The monoisotopic (exact) mass is 424 g/mol. The Kier molecular flexibility index (Phi) is 4.90. The van der Waals surface area contributed by atoms with Crippen LogP contribution in [0.3, 0.4) is 0 Å². The maximum Gasteiger partial charge on any atom is 0.255 e. The second-order valence-corrected chi connectivity index (χ2v) is 7.90. The molecular formula is C26H24N4O2. The number of methoxy groups -OCH3 is 1. The number of fused-ring (bicyclic) bond motifs is 3. The van der Waals surface area contributed by atoms with E-state index in [9.17, 15) is 4.79 Å². The van der Waals surface area contributed by atoms with Crippen molar-refractivity contribution in [1.82, 2.24) is 9.55 Å². The lowest BCUT2D eigenvalue weighted by Gasteiger charge is -2.31. The molecule has 6 heteroatoms. The lowest BCUT2D eigenvalue weighted by molar-refractivity contribution is -0.113. The van der Waals surface area contributed by atoms with Gasteiger partial charge in [-0.3, -0.25) is 9.36 Å². The van der Waals surface area contributed by atoms with E-state index in [2.05, 4.69) is 34.3 Å².